The lowest BCUT2D eigenvalue weighted by Crippen LogP contribution is -2.56. The molecule has 2 bridgehead atoms. The van der Waals surface area contributed by atoms with Gasteiger partial charge < -0.3 is 20.2 Å². The van der Waals surface area contributed by atoms with Crippen LogP contribution in [0.4, 0.5) is 0 Å². The third-order valence-corrected chi connectivity index (χ3v) is 3.28. The topological polar surface area (TPSA) is 81.0 Å². The molecule has 5 heteroatoms. The first-order valence-corrected chi connectivity index (χ1v) is 4.85. The molecule has 2 rings (SSSR count). The number of hydrogen-bond acceptors (Lipinski definition) is 4. The molecule has 2 aliphatic rings. The van der Waals surface area contributed by atoms with E-state index in [9.17, 15) is 20.1 Å². The second-order valence-corrected chi connectivity index (χ2v) is 4.16. The molecule has 5 nitrogen and oxygen atoms in total. The van der Waals surface area contributed by atoms with Gasteiger partial charge in [-0.2, -0.15) is 0 Å². The van der Waals surface area contributed by atoms with Gasteiger partial charge in [0.1, 0.15) is 6.10 Å². The third kappa shape index (κ3) is 1.24. The number of aliphatic hydroxyl groups is 3. The van der Waals surface area contributed by atoms with Gasteiger partial charge in [-0.1, -0.05) is 0 Å². The van der Waals surface area contributed by atoms with Gasteiger partial charge in [0.2, 0.25) is 5.91 Å². The number of rotatable bonds is 0. The highest BCUT2D eigenvalue weighted by atomic mass is 16.3. The Bertz CT molecular complexity index is 257. The molecule has 0 radical (unpaired) electrons. The quantitative estimate of drug-likeness (QED) is 0.444. The molecule has 3 N–H and O–H groups in total. The molecule has 80 valence electrons. The molecule has 5 atom stereocenters. The van der Waals surface area contributed by atoms with Gasteiger partial charge in [-0.25, -0.2) is 0 Å². The van der Waals surface area contributed by atoms with E-state index in [1.807, 2.05) is 0 Å². The highest BCUT2D eigenvalue weighted by Gasteiger charge is 2.51. The Kier molecular flexibility index (Phi) is 2.25. The zero-order valence-corrected chi connectivity index (χ0v) is 8.00. The Balaban J connectivity index is 2.26. The lowest BCUT2D eigenvalue weighted by atomic mass is 9.97. The van der Waals surface area contributed by atoms with E-state index in [0.29, 0.717) is 6.42 Å². The average Bonchev–Trinajstić information content (AvgIpc) is 2.37. The molecule has 0 aromatic heterocycles. The fourth-order valence-electron chi connectivity index (χ4n) is 2.63. The summed E-state index contributed by atoms with van der Waals surface area (Å²) < 4.78 is 0. The maximum atomic E-state index is 11.3. The maximum Gasteiger partial charge on any atom is 0.220 e. The normalized spacial score (nSPS) is 46.9. The first kappa shape index (κ1) is 9.89. The third-order valence-electron chi connectivity index (χ3n) is 3.28. The van der Waals surface area contributed by atoms with Crippen LogP contribution in [0.25, 0.3) is 0 Å². The summed E-state index contributed by atoms with van der Waals surface area (Å²) in [7, 11) is 0. The predicted octanol–water partition coefficient (Wildman–Crippen LogP) is -1.54. The number of aliphatic hydroxyl groups excluding tert-OH is 3. The Hall–Kier alpha value is -0.650. The van der Waals surface area contributed by atoms with Crippen molar-refractivity contribution in [1.29, 1.82) is 0 Å². The van der Waals surface area contributed by atoms with Crippen molar-refractivity contribution in [2.45, 2.75) is 50.2 Å². The summed E-state index contributed by atoms with van der Waals surface area (Å²) in [6.07, 6.45) is -1.73. The lowest BCUT2D eigenvalue weighted by molar-refractivity contribution is -0.144. The highest BCUT2D eigenvalue weighted by Crippen LogP contribution is 2.36. The van der Waals surface area contributed by atoms with Gasteiger partial charge in [-0.3, -0.25) is 4.79 Å². The van der Waals surface area contributed by atoms with Gasteiger partial charge in [0.05, 0.1) is 24.3 Å². The van der Waals surface area contributed by atoms with E-state index < -0.39 is 24.4 Å². The molecule has 0 unspecified atom stereocenters. The van der Waals surface area contributed by atoms with Crippen molar-refractivity contribution in [2.75, 3.05) is 0 Å². The minimum absolute atomic E-state index is 0.150. The van der Waals surface area contributed by atoms with E-state index in [1.165, 1.54) is 11.8 Å². The predicted molar refractivity (Wildman–Crippen MR) is 47.4 cm³/mol. The van der Waals surface area contributed by atoms with Crippen molar-refractivity contribution < 1.29 is 20.1 Å². The second kappa shape index (κ2) is 3.18. The van der Waals surface area contributed by atoms with E-state index in [0.717, 1.165) is 0 Å². The minimum atomic E-state index is -0.924. The van der Waals surface area contributed by atoms with Crippen LogP contribution in [-0.2, 0) is 4.79 Å². The van der Waals surface area contributed by atoms with Crippen LogP contribution in [0.2, 0.25) is 0 Å². The maximum absolute atomic E-state index is 11.3. The summed E-state index contributed by atoms with van der Waals surface area (Å²) in [5.74, 6) is -0.150. The van der Waals surface area contributed by atoms with E-state index in [4.69, 9.17) is 0 Å². The van der Waals surface area contributed by atoms with Crippen LogP contribution >= 0.6 is 0 Å². The monoisotopic (exact) mass is 201 g/mol. The van der Waals surface area contributed by atoms with Crippen molar-refractivity contribution in [3.05, 3.63) is 0 Å². The Morgan fingerprint density at radius 1 is 1.14 bits per heavy atom. The number of fused-ring (bicyclic) bond motifs is 2. The number of hydrogen-bond donors (Lipinski definition) is 3. The van der Waals surface area contributed by atoms with E-state index in [2.05, 4.69) is 0 Å². The molecular formula is C9H15NO4. The molecular weight excluding hydrogens is 186 g/mol. The van der Waals surface area contributed by atoms with Crippen LogP contribution in [0.15, 0.2) is 0 Å². The van der Waals surface area contributed by atoms with Crippen LogP contribution < -0.4 is 0 Å². The smallest absolute Gasteiger partial charge is 0.220 e. The van der Waals surface area contributed by atoms with Crippen molar-refractivity contribution in [3.63, 3.8) is 0 Å². The molecule has 0 spiro atoms. The Labute approximate surface area is 82.0 Å². The lowest BCUT2D eigenvalue weighted by Gasteiger charge is -2.39. The number of nitrogens with zero attached hydrogens (tertiary/aromatic N) is 1. The summed E-state index contributed by atoms with van der Waals surface area (Å²) >= 11 is 0. The van der Waals surface area contributed by atoms with Crippen LogP contribution in [0.3, 0.4) is 0 Å². The van der Waals surface area contributed by atoms with Gasteiger partial charge in [0.15, 0.2) is 0 Å². The second-order valence-electron chi connectivity index (χ2n) is 4.16. The van der Waals surface area contributed by atoms with Crippen LogP contribution in [0, 0.1) is 0 Å². The zero-order chi connectivity index (χ0) is 10.5. The molecule has 0 aromatic carbocycles. The van der Waals surface area contributed by atoms with E-state index in [1.54, 1.807) is 0 Å². The Morgan fingerprint density at radius 2 is 1.71 bits per heavy atom. The molecule has 1 amide bonds. The minimum Gasteiger partial charge on any atom is -0.391 e. The Morgan fingerprint density at radius 3 is 2.29 bits per heavy atom. The van der Waals surface area contributed by atoms with Gasteiger partial charge in [0.25, 0.3) is 0 Å². The zero-order valence-electron chi connectivity index (χ0n) is 8.00. The first-order chi connectivity index (χ1) is 6.52. The van der Waals surface area contributed by atoms with Crippen molar-refractivity contribution in [2.24, 2.45) is 0 Å². The fourth-order valence-corrected chi connectivity index (χ4v) is 2.63. The summed E-state index contributed by atoms with van der Waals surface area (Å²) in [6.45, 7) is 1.42. The van der Waals surface area contributed by atoms with Crippen molar-refractivity contribution >= 4 is 5.91 Å². The van der Waals surface area contributed by atoms with E-state index >= 15 is 0 Å². The van der Waals surface area contributed by atoms with Crippen molar-refractivity contribution in [3.8, 4) is 0 Å². The van der Waals surface area contributed by atoms with Crippen LogP contribution in [0.1, 0.15) is 19.8 Å². The number of carbonyl (C=O) groups excluding carboxylic acids is 1. The van der Waals surface area contributed by atoms with Gasteiger partial charge in [-0.05, 0) is 12.8 Å². The van der Waals surface area contributed by atoms with Crippen LogP contribution in [0.5, 0.6) is 0 Å². The largest absolute Gasteiger partial charge is 0.391 e. The number of amides is 1. The van der Waals surface area contributed by atoms with Crippen LogP contribution in [-0.4, -0.2) is 56.5 Å². The summed E-state index contributed by atoms with van der Waals surface area (Å²) in [5, 5.41) is 28.8. The van der Waals surface area contributed by atoms with Gasteiger partial charge in [-0.15, -0.1) is 0 Å². The molecule has 2 heterocycles. The summed E-state index contributed by atoms with van der Waals surface area (Å²) in [5.41, 5.74) is 0. The highest BCUT2D eigenvalue weighted by molar-refractivity contribution is 5.75. The molecule has 0 saturated carbocycles. The average molecular weight is 201 g/mol. The van der Waals surface area contributed by atoms with Crippen molar-refractivity contribution in [1.82, 2.24) is 4.90 Å². The molecule has 2 fully saturated rings. The SMILES string of the molecule is CC(=O)N1[C@H]2C[C@@H](O)[C@@H]1C[C@@H](O)[C@@H]2O. The molecule has 2 saturated heterocycles. The van der Waals surface area contributed by atoms with Gasteiger partial charge in [0, 0.05) is 6.92 Å². The molecule has 0 aromatic rings. The summed E-state index contributed by atoms with van der Waals surface area (Å²) in [4.78, 5) is 12.8. The summed E-state index contributed by atoms with van der Waals surface area (Å²) in [6, 6.07) is -0.743. The first-order valence-electron chi connectivity index (χ1n) is 4.85. The molecule has 2 aliphatic heterocycles. The molecule has 0 aliphatic carbocycles. The molecule has 14 heavy (non-hydrogen) atoms. The standard InChI is InChI=1S/C9H15NO4/c1-4(11)10-5-2-8(13)9(14)6(10)3-7(5)12/h5-9,12-14H,2-3H2,1H3/t5-,6-,7+,8+,9+/m0/s1. The van der Waals surface area contributed by atoms with E-state index in [-0.39, 0.29) is 18.4 Å². The fraction of sp³-hybridized carbons (Fsp3) is 0.889. The van der Waals surface area contributed by atoms with Gasteiger partial charge >= 0.3 is 0 Å². The number of piperidine rings is 1. The number of carbonyl (C=O) groups is 1.